The van der Waals surface area contributed by atoms with Crippen molar-refractivity contribution in [2.75, 3.05) is 19.8 Å². The number of aliphatic hydroxyl groups is 1. The van der Waals surface area contributed by atoms with Crippen LogP contribution in [0.25, 0.3) is 0 Å². The molecule has 4 atom stereocenters. The summed E-state index contributed by atoms with van der Waals surface area (Å²) in [5.74, 6) is -2.50. The van der Waals surface area contributed by atoms with Gasteiger partial charge in [0.25, 0.3) is 0 Å². The summed E-state index contributed by atoms with van der Waals surface area (Å²) in [5, 5.41) is 18.9. The molecular weight excluding hydrogens is 749 g/mol. The SMILES string of the molecule is CCCCCC=CCC(O)C=CC=CCC=CCCCC(=O)OC(COC(=O)CCCCCCCCCCCCCCCCC)COP(=O)(O)OCC(N)C(=O)O. The van der Waals surface area contributed by atoms with E-state index in [1.807, 2.05) is 36.5 Å². The van der Waals surface area contributed by atoms with Crippen LogP contribution in [0.15, 0.2) is 48.6 Å². The number of nitrogens with two attached hydrogens (primary N) is 1. The van der Waals surface area contributed by atoms with Gasteiger partial charge in [-0.25, -0.2) is 4.57 Å². The van der Waals surface area contributed by atoms with E-state index in [-0.39, 0.29) is 19.4 Å². The first-order chi connectivity index (χ1) is 27.5. The maximum absolute atomic E-state index is 12.6. The Morgan fingerprint density at radius 3 is 1.77 bits per heavy atom. The molecule has 0 bridgehead atoms. The molecule has 0 spiro atoms. The van der Waals surface area contributed by atoms with Gasteiger partial charge in [0.2, 0.25) is 0 Å². The summed E-state index contributed by atoms with van der Waals surface area (Å²) in [6.07, 6.45) is 39.2. The summed E-state index contributed by atoms with van der Waals surface area (Å²) in [7, 11) is -4.74. The topological polar surface area (TPSA) is 192 Å². The highest BCUT2D eigenvalue weighted by molar-refractivity contribution is 7.47. The van der Waals surface area contributed by atoms with Gasteiger partial charge in [-0.05, 0) is 44.9 Å². The van der Waals surface area contributed by atoms with Gasteiger partial charge >= 0.3 is 25.7 Å². The summed E-state index contributed by atoms with van der Waals surface area (Å²) in [5.41, 5.74) is 5.32. The number of aliphatic hydroxyl groups excluding tert-OH is 1. The van der Waals surface area contributed by atoms with Crippen LogP contribution in [0.5, 0.6) is 0 Å². The first kappa shape index (κ1) is 54.4. The molecule has 0 aromatic heterocycles. The zero-order valence-electron chi connectivity index (χ0n) is 35.3. The van der Waals surface area contributed by atoms with Crippen LogP contribution >= 0.6 is 7.82 Å². The molecule has 0 fully saturated rings. The molecule has 13 heteroatoms. The van der Waals surface area contributed by atoms with Gasteiger partial charge in [-0.2, -0.15) is 0 Å². The fraction of sp³-hybridized carbons (Fsp3) is 0.750. The number of carboxylic acids is 1. The van der Waals surface area contributed by atoms with E-state index in [1.54, 1.807) is 6.08 Å². The third-order valence-corrected chi connectivity index (χ3v) is 10.1. The number of aliphatic carboxylic acids is 1. The fourth-order valence-electron chi connectivity index (χ4n) is 5.67. The smallest absolute Gasteiger partial charge is 0.472 e. The predicted molar refractivity (Wildman–Crippen MR) is 228 cm³/mol. The second kappa shape index (κ2) is 38.9. The zero-order valence-corrected chi connectivity index (χ0v) is 36.2. The van der Waals surface area contributed by atoms with E-state index in [9.17, 15) is 28.9 Å². The molecule has 0 aromatic rings. The van der Waals surface area contributed by atoms with E-state index in [0.29, 0.717) is 32.1 Å². The van der Waals surface area contributed by atoms with Crippen molar-refractivity contribution in [2.45, 2.75) is 193 Å². The lowest BCUT2D eigenvalue weighted by Crippen LogP contribution is -2.34. The lowest BCUT2D eigenvalue weighted by atomic mass is 10.0. The minimum absolute atomic E-state index is 0.0537. The van der Waals surface area contributed by atoms with Crippen LogP contribution in [0, 0.1) is 0 Å². The number of esters is 2. The Morgan fingerprint density at radius 1 is 0.632 bits per heavy atom. The van der Waals surface area contributed by atoms with Crippen LogP contribution in [0.4, 0.5) is 0 Å². The summed E-state index contributed by atoms with van der Waals surface area (Å²) in [6, 6.07) is -1.54. The van der Waals surface area contributed by atoms with Crippen molar-refractivity contribution in [2.24, 2.45) is 5.73 Å². The molecule has 5 N–H and O–H groups in total. The van der Waals surface area contributed by atoms with E-state index in [1.165, 1.54) is 89.9 Å². The molecule has 0 saturated carbocycles. The van der Waals surface area contributed by atoms with Crippen molar-refractivity contribution < 1.29 is 52.6 Å². The second-order valence-corrected chi connectivity index (χ2v) is 16.1. The van der Waals surface area contributed by atoms with Crippen LogP contribution < -0.4 is 5.73 Å². The summed E-state index contributed by atoms with van der Waals surface area (Å²) in [4.78, 5) is 45.9. The Bertz CT molecular complexity index is 1170. The Kier molecular flexibility index (Phi) is 37.1. The third-order valence-electron chi connectivity index (χ3n) is 9.16. The largest absolute Gasteiger partial charge is 0.480 e. The highest BCUT2D eigenvalue weighted by atomic mass is 31.2. The molecule has 4 unspecified atom stereocenters. The number of carbonyl (C=O) groups excluding carboxylic acids is 2. The number of ether oxygens (including phenoxy) is 2. The van der Waals surface area contributed by atoms with Crippen LogP contribution in [-0.4, -0.2) is 71.1 Å². The van der Waals surface area contributed by atoms with Gasteiger partial charge in [-0.1, -0.05) is 165 Å². The number of carbonyl (C=O) groups is 3. The van der Waals surface area contributed by atoms with E-state index >= 15 is 0 Å². The molecule has 0 aliphatic carbocycles. The second-order valence-electron chi connectivity index (χ2n) is 14.7. The maximum Gasteiger partial charge on any atom is 0.472 e. The molecule has 0 saturated heterocycles. The number of unbranched alkanes of at least 4 members (excludes halogenated alkanes) is 18. The Balaban J connectivity index is 4.52. The average molecular weight is 828 g/mol. The molecule has 0 rings (SSSR count). The molecule has 57 heavy (non-hydrogen) atoms. The van der Waals surface area contributed by atoms with Gasteiger partial charge in [0.1, 0.15) is 12.6 Å². The molecule has 0 heterocycles. The normalized spacial score (nSPS) is 14.8. The maximum atomic E-state index is 12.6. The first-order valence-corrected chi connectivity index (χ1v) is 23.3. The van der Waals surface area contributed by atoms with E-state index in [4.69, 9.17) is 24.8 Å². The van der Waals surface area contributed by atoms with Gasteiger partial charge in [-0.15, -0.1) is 0 Å². The Labute approximate surface area is 344 Å². The predicted octanol–water partition coefficient (Wildman–Crippen LogP) is 10.4. The van der Waals surface area contributed by atoms with Gasteiger partial charge in [-0.3, -0.25) is 23.4 Å². The molecule has 12 nitrogen and oxygen atoms in total. The van der Waals surface area contributed by atoms with Crippen LogP contribution in [0.1, 0.15) is 174 Å². The molecule has 0 aliphatic heterocycles. The minimum Gasteiger partial charge on any atom is -0.480 e. The van der Waals surface area contributed by atoms with E-state index in [2.05, 4.69) is 24.4 Å². The minimum atomic E-state index is -4.74. The average Bonchev–Trinajstić information content (AvgIpc) is 3.18. The van der Waals surface area contributed by atoms with Crippen molar-refractivity contribution in [3.05, 3.63) is 48.6 Å². The quantitative estimate of drug-likeness (QED) is 0.0150. The summed E-state index contributed by atoms with van der Waals surface area (Å²) >= 11 is 0. The van der Waals surface area contributed by atoms with Crippen LogP contribution in [0.3, 0.4) is 0 Å². The van der Waals surface area contributed by atoms with Crippen LogP contribution in [0.2, 0.25) is 0 Å². The molecule has 0 amide bonds. The summed E-state index contributed by atoms with van der Waals surface area (Å²) < 4.78 is 32.6. The van der Waals surface area contributed by atoms with Crippen molar-refractivity contribution in [1.82, 2.24) is 0 Å². The molecule has 0 aliphatic rings. The fourth-order valence-corrected chi connectivity index (χ4v) is 6.45. The highest BCUT2D eigenvalue weighted by Gasteiger charge is 2.28. The van der Waals surface area contributed by atoms with E-state index < -0.39 is 57.2 Å². The van der Waals surface area contributed by atoms with Gasteiger partial charge in [0.05, 0.1) is 19.3 Å². The molecule has 0 radical (unpaired) electrons. The van der Waals surface area contributed by atoms with Crippen molar-refractivity contribution >= 4 is 25.7 Å². The summed E-state index contributed by atoms with van der Waals surface area (Å²) in [6.45, 7) is 2.64. The standard InChI is InChI=1S/C44H78NO11P/c1-3-5-7-9-11-12-13-14-15-16-17-18-22-26-30-34-42(47)53-36-40(37-54-57(51,52)55-38-41(45)44(49)50)56-43(48)35-31-27-23-20-19-21-25-29-33-39(46)32-28-24-10-8-6-4-2/h20-21,23-25,28-29,33,39-41,46H,3-19,22,26-27,30-32,34-38,45H2,1-2H3,(H,49,50)(H,51,52). The highest BCUT2D eigenvalue weighted by Crippen LogP contribution is 2.43. The number of rotatable bonds is 40. The van der Waals surface area contributed by atoms with Crippen LogP contribution in [-0.2, 0) is 37.5 Å². The Morgan fingerprint density at radius 2 is 1.16 bits per heavy atom. The molecule has 0 aromatic carbocycles. The lowest BCUT2D eigenvalue weighted by molar-refractivity contribution is -0.161. The molecular formula is C44H78NO11P. The number of phosphoric ester groups is 1. The number of hydrogen-bond acceptors (Lipinski definition) is 10. The number of carboxylic acid groups (broad SMARTS) is 1. The number of hydrogen-bond donors (Lipinski definition) is 4. The number of phosphoric acid groups is 1. The third kappa shape index (κ3) is 38.7. The van der Waals surface area contributed by atoms with Gasteiger partial charge in [0.15, 0.2) is 6.10 Å². The zero-order chi connectivity index (χ0) is 42.2. The van der Waals surface area contributed by atoms with Crippen molar-refractivity contribution in [3.63, 3.8) is 0 Å². The lowest BCUT2D eigenvalue weighted by Gasteiger charge is -2.20. The van der Waals surface area contributed by atoms with Gasteiger partial charge < -0.3 is 30.3 Å². The van der Waals surface area contributed by atoms with Crippen molar-refractivity contribution in [1.29, 1.82) is 0 Å². The monoisotopic (exact) mass is 828 g/mol. The van der Waals surface area contributed by atoms with Crippen molar-refractivity contribution in [3.8, 4) is 0 Å². The van der Waals surface area contributed by atoms with E-state index in [0.717, 1.165) is 25.7 Å². The molecule has 330 valence electrons. The van der Waals surface area contributed by atoms with Gasteiger partial charge in [0, 0.05) is 12.8 Å². The Hall–Kier alpha value is -2.60. The first-order valence-electron chi connectivity index (χ1n) is 21.8. The number of allylic oxidation sites excluding steroid dienone is 6.